The lowest BCUT2D eigenvalue weighted by molar-refractivity contribution is 0.244. The molecule has 5 heteroatoms. The van der Waals surface area contributed by atoms with E-state index in [0.29, 0.717) is 11.2 Å². The number of fused-ring (bicyclic) bond motifs is 1. The van der Waals surface area contributed by atoms with Gasteiger partial charge in [0.25, 0.3) is 0 Å². The van der Waals surface area contributed by atoms with Crippen molar-refractivity contribution in [2.45, 2.75) is 39.3 Å². The highest BCUT2D eigenvalue weighted by atomic mass is 35.5. The number of hydrogen-bond acceptors (Lipinski definition) is 4. The number of hydrogen-bond donors (Lipinski definition) is 0. The maximum Gasteiger partial charge on any atom is 0.146 e. The van der Waals surface area contributed by atoms with Crippen LogP contribution in [0.4, 0.5) is 5.82 Å². The molecule has 0 radical (unpaired) electrons. The number of anilines is 1. The Balaban J connectivity index is 2.14. The first-order valence-electron chi connectivity index (χ1n) is 6.94. The molecule has 20 heavy (non-hydrogen) atoms. The first kappa shape index (κ1) is 13.4. The minimum Gasteiger partial charge on any atom is -0.489 e. The molecule has 0 aromatic carbocycles. The smallest absolute Gasteiger partial charge is 0.146 e. The van der Waals surface area contributed by atoms with Gasteiger partial charge in [0.15, 0.2) is 0 Å². The van der Waals surface area contributed by atoms with Crippen molar-refractivity contribution < 1.29 is 4.74 Å². The van der Waals surface area contributed by atoms with Gasteiger partial charge in [-0.3, -0.25) is 0 Å². The van der Waals surface area contributed by atoms with Crippen molar-refractivity contribution >= 4 is 28.2 Å². The molecule has 1 aliphatic heterocycles. The van der Waals surface area contributed by atoms with Crippen molar-refractivity contribution in [3.63, 3.8) is 0 Å². The van der Waals surface area contributed by atoms with Crippen molar-refractivity contribution in [2.75, 3.05) is 11.4 Å². The number of rotatable bonds is 3. The van der Waals surface area contributed by atoms with Crippen LogP contribution in [-0.4, -0.2) is 28.7 Å². The average Bonchev–Trinajstić information content (AvgIpc) is 2.39. The second kappa shape index (κ2) is 5.09. The van der Waals surface area contributed by atoms with Crippen LogP contribution >= 0.6 is 11.6 Å². The summed E-state index contributed by atoms with van der Waals surface area (Å²) in [6.45, 7) is 7.25. The summed E-state index contributed by atoms with van der Waals surface area (Å²) in [5.41, 5.74) is 0. The Hall–Kier alpha value is -1.55. The largest absolute Gasteiger partial charge is 0.489 e. The summed E-state index contributed by atoms with van der Waals surface area (Å²) >= 11 is 6.03. The zero-order valence-electron chi connectivity index (χ0n) is 11.9. The normalized spacial score (nSPS) is 18.4. The van der Waals surface area contributed by atoms with Gasteiger partial charge in [-0.05, 0) is 33.3 Å². The number of pyridine rings is 2. The molecule has 1 atom stereocenters. The van der Waals surface area contributed by atoms with E-state index in [1.54, 1.807) is 12.4 Å². The molecule has 0 saturated carbocycles. The summed E-state index contributed by atoms with van der Waals surface area (Å²) in [7, 11) is 0. The average molecular weight is 292 g/mol. The quantitative estimate of drug-likeness (QED) is 0.809. The fraction of sp³-hybridized carbons (Fsp3) is 0.467. The molecule has 1 fully saturated rings. The molecule has 0 amide bonds. The molecule has 0 bridgehead atoms. The molecular formula is C15H18ClN3O. The van der Waals surface area contributed by atoms with Gasteiger partial charge in [0.2, 0.25) is 0 Å². The lowest BCUT2D eigenvalue weighted by atomic mass is 10.0. The van der Waals surface area contributed by atoms with Crippen LogP contribution in [0.2, 0.25) is 5.15 Å². The van der Waals surface area contributed by atoms with E-state index in [1.165, 1.54) is 6.42 Å². The molecule has 2 aromatic heterocycles. The van der Waals surface area contributed by atoms with Crippen LogP contribution in [0.5, 0.6) is 5.75 Å². The Morgan fingerprint density at radius 2 is 2.10 bits per heavy atom. The third-order valence-corrected chi connectivity index (χ3v) is 3.84. The number of halogens is 1. The standard InChI is InChI=1S/C15H18ClN3O/c1-9(2)20-13-8-18-15(19-5-4-10(19)3)12-7-17-14(16)6-11(12)13/h6-10H,4-5H2,1-3H3/t10-/m1/s1. The Labute approximate surface area is 123 Å². The third-order valence-electron chi connectivity index (χ3n) is 3.64. The molecule has 106 valence electrons. The van der Waals surface area contributed by atoms with Gasteiger partial charge in [0, 0.05) is 29.6 Å². The zero-order chi connectivity index (χ0) is 14.3. The first-order chi connectivity index (χ1) is 9.56. The molecule has 3 rings (SSSR count). The first-order valence-corrected chi connectivity index (χ1v) is 7.31. The van der Waals surface area contributed by atoms with Crippen LogP contribution in [0.15, 0.2) is 18.5 Å². The van der Waals surface area contributed by atoms with E-state index in [4.69, 9.17) is 16.3 Å². The maximum atomic E-state index is 6.03. The fourth-order valence-electron chi connectivity index (χ4n) is 2.48. The monoisotopic (exact) mass is 291 g/mol. The minimum absolute atomic E-state index is 0.0979. The molecule has 1 saturated heterocycles. The van der Waals surface area contributed by atoms with Gasteiger partial charge in [-0.1, -0.05) is 11.6 Å². The number of aromatic nitrogens is 2. The summed E-state index contributed by atoms with van der Waals surface area (Å²) in [5.74, 6) is 1.73. The van der Waals surface area contributed by atoms with Crippen LogP contribution in [0.3, 0.4) is 0 Å². The molecule has 1 aliphatic rings. The topological polar surface area (TPSA) is 38.2 Å². The Bertz CT molecular complexity index is 644. The van der Waals surface area contributed by atoms with Crippen molar-refractivity contribution in [1.82, 2.24) is 9.97 Å². The fourth-order valence-corrected chi connectivity index (χ4v) is 2.64. The zero-order valence-corrected chi connectivity index (χ0v) is 12.7. The summed E-state index contributed by atoms with van der Waals surface area (Å²) < 4.78 is 5.83. The molecule has 4 nitrogen and oxygen atoms in total. The van der Waals surface area contributed by atoms with E-state index in [2.05, 4.69) is 21.8 Å². The van der Waals surface area contributed by atoms with Crippen LogP contribution in [0.1, 0.15) is 27.2 Å². The molecule has 0 N–H and O–H groups in total. The van der Waals surface area contributed by atoms with Crippen LogP contribution < -0.4 is 9.64 Å². The third kappa shape index (κ3) is 2.29. The number of ether oxygens (including phenoxy) is 1. The highest BCUT2D eigenvalue weighted by Gasteiger charge is 2.27. The van der Waals surface area contributed by atoms with E-state index in [1.807, 2.05) is 19.9 Å². The van der Waals surface area contributed by atoms with Crippen molar-refractivity contribution in [1.29, 1.82) is 0 Å². The lowest BCUT2D eigenvalue weighted by Gasteiger charge is -2.40. The predicted octanol–water partition coefficient (Wildman–Crippen LogP) is 3.67. The highest BCUT2D eigenvalue weighted by Crippen LogP contribution is 2.36. The highest BCUT2D eigenvalue weighted by molar-refractivity contribution is 6.30. The SMILES string of the molecule is CC(C)Oc1cnc(N2CC[C@H]2C)c2cnc(Cl)cc12. The van der Waals surface area contributed by atoms with Gasteiger partial charge < -0.3 is 9.64 Å². The second-order valence-corrected chi connectivity index (χ2v) is 5.88. The van der Waals surface area contributed by atoms with E-state index >= 15 is 0 Å². The molecule has 3 heterocycles. The van der Waals surface area contributed by atoms with Gasteiger partial charge in [-0.25, -0.2) is 9.97 Å². The van der Waals surface area contributed by atoms with E-state index in [-0.39, 0.29) is 6.10 Å². The van der Waals surface area contributed by atoms with Gasteiger partial charge in [0.05, 0.1) is 12.3 Å². The molecule has 0 unspecified atom stereocenters. The maximum absolute atomic E-state index is 6.03. The second-order valence-electron chi connectivity index (χ2n) is 5.50. The molecular weight excluding hydrogens is 274 g/mol. The van der Waals surface area contributed by atoms with Crippen molar-refractivity contribution in [2.24, 2.45) is 0 Å². The molecule has 0 spiro atoms. The van der Waals surface area contributed by atoms with Gasteiger partial charge in [-0.2, -0.15) is 0 Å². The lowest BCUT2D eigenvalue weighted by Crippen LogP contribution is -2.46. The minimum atomic E-state index is 0.0979. The van der Waals surface area contributed by atoms with E-state index in [9.17, 15) is 0 Å². The Morgan fingerprint density at radius 1 is 1.30 bits per heavy atom. The number of nitrogens with zero attached hydrogens (tertiary/aromatic N) is 3. The Morgan fingerprint density at radius 3 is 2.70 bits per heavy atom. The van der Waals surface area contributed by atoms with Gasteiger partial charge in [-0.15, -0.1) is 0 Å². The van der Waals surface area contributed by atoms with Crippen LogP contribution in [0, 0.1) is 0 Å². The van der Waals surface area contributed by atoms with Crippen molar-refractivity contribution in [3.8, 4) is 5.75 Å². The summed E-state index contributed by atoms with van der Waals surface area (Å²) in [6.07, 6.45) is 4.88. The van der Waals surface area contributed by atoms with Crippen LogP contribution in [-0.2, 0) is 0 Å². The summed E-state index contributed by atoms with van der Waals surface area (Å²) in [6, 6.07) is 2.38. The van der Waals surface area contributed by atoms with Gasteiger partial charge in [0.1, 0.15) is 16.7 Å². The Kier molecular flexibility index (Phi) is 3.42. The summed E-state index contributed by atoms with van der Waals surface area (Å²) in [5, 5.41) is 2.45. The summed E-state index contributed by atoms with van der Waals surface area (Å²) in [4.78, 5) is 11.1. The molecule has 2 aromatic rings. The van der Waals surface area contributed by atoms with Crippen molar-refractivity contribution in [3.05, 3.63) is 23.6 Å². The van der Waals surface area contributed by atoms with E-state index < -0.39 is 0 Å². The predicted molar refractivity (Wildman–Crippen MR) is 81.7 cm³/mol. The van der Waals surface area contributed by atoms with Gasteiger partial charge >= 0.3 is 0 Å². The van der Waals surface area contributed by atoms with Crippen LogP contribution in [0.25, 0.3) is 10.8 Å². The molecule has 0 aliphatic carbocycles. The van der Waals surface area contributed by atoms with E-state index in [0.717, 1.165) is 28.9 Å².